The van der Waals surface area contributed by atoms with E-state index in [0.29, 0.717) is 96.9 Å². The van der Waals surface area contributed by atoms with Gasteiger partial charge in [-0.25, -0.2) is 0 Å². The summed E-state index contributed by atoms with van der Waals surface area (Å²) in [7, 11) is 0. The third-order valence-corrected chi connectivity index (χ3v) is 9.81. The Labute approximate surface area is 279 Å². The van der Waals surface area contributed by atoms with Gasteiger partial charge in [-0.05, 0) is 77.2 Å². The summed E-state index contributed by atoms with van der Waals surface area (Å²) in [4.78, 5) is 97.4. The summed E-state index contributed by atoms with van der Waals surface area (Å²) in [6.45, 7) is 0.514. The number of carboxylic acids is 1. The zero-order valence-corrected chi connectivity index (χ0v) is 27.4. The number of unbranched alkanes of at least 4 members (excludes halogenated alkanes) is 1. The molecule has 268 valence electrons. The number of aliphatic hydroxyl groups is 1. The van der Waals surface area contributed by atoms with Crippen LogP contribution in [0.1, 0.15) is 70.6 Å². The van der Waals surface area contributed by atoms with Gasteiger partial charge < -0.3 is 51.9 Å². The second-order valence-electron chi connectivity index (χ2n) is 13.0. The largest absolute Gasteiger partial charge is 0.480 e. The van der Waals surface area contributed by atoms with Gasteiger partial charge in [0.1, 0.15) is 42.8 Å². The highest BCUT2D eigenvalue weighted by atomic mass is 16.4. The molecular weight excluding hydrogens is 628 g/mol. The van der Waals surface area contributed by atoms with Gasteiger partial charge in [0.15, 0.2) is 0 Å². The number of amides is 6. The van der Waals surface area contributed by atoms with Crippen molar-refractivity contribution < 1.29 is 43.8 Å². The molecule has 6 amide bonds. The molecule has 8 N–H and O–H groups in total. The predicted octanol–water partition coefficient (Wildman–Crippen LogP) is -2.92. The molecule has 0 aromatic heterocycles. The Kier molecular flexibility index (Phi) is 13.1. The lowest BCUT2D eigenvalue weighted by Gasteiger charge is -2.35. The summed E-state index contributed by atoms with van der Waals surface area (Å²) in [6, 6.07) is -5.41. The number of rotatable bonds is 14. The van der Waals surface area contributed by atoms with E-state index in [4.69, 9.17) is 16.6 Å². The standard InChI is InChI=1S/C31H50N8O9/c32-12-2-1-7-20(35-27(44)22-9-4-13-36(22)28(45)19(33)18-40)29(46)38-15-5-10-23(38)31(48)39-16-6-11-24(39)30(47)37-14-3-8-21(37)26(43)34-17-25(41)42/h19-24,40H,1-18,32-33H2,(H,34,43)(H,35,44)(H,41,42)/t19-,20-,21-,22-,23-,24-/m0/s1. The van der Waals surface area contributed by atoms with Crippen molar-refractivity contribution in [2.75, 3.05) is 45.9 Å². The van der Waals surface area contributed by atoms with Crippen LogP contribution in [0, 0.1) is 0 Å². The number of nitrogens with one attached hydrogen (secondary N) is 2. The minimum atomic E-state index is -1.19. The van der Waals surface area contributed by atoms with E-state index in [9.17, 15) is 38.7 Å². The number of nitrogens with zero attached hydrogens (tertiary/aromatic N) is 4. The Bertz CT molecular complexity index is 1230. The number of aliphatic hydroxyl groups excluding tert-OH is 1. The number of carbonyl (C=O) groups excluding carboxylic acids is 6. The van der Waals surface area contributed by atoms with Crippen LogP contribution in [0.15, 0.2) is 0 Å². The SMILES string of the molecule is NCCCC[C@H](NC(=O)[C@@H]1CCCN1C(=O)[C@@H](N)CO)C(=O)N1CCC[C@H]1C(=O)N1CCC[C@H]1C(=O)N1CCC[C@H]1C(=O)NCC(=O)O. The van der Waals surface area contributed by atoms with Gasteiger partial charge in [0.05, 0.1) is 6.61 Å². The van der Waals surface area contributed by atoms with Crippen LogP contribution in [-0.4, -0.2) is 153 Å². The first-order chi connectivity index (χ1) is 23.0. The highest BCUT2D eigenvalue weighted by Gasteiger charge is 2.47. The topological polar surface area (TPSA) is 249 Å². The Morgan fingerprint density at radius 1 is 0.688 bits per heavy atom. The van der Waals surface area contributed by atoms with E-state index in [1.54, 1.807) is 0 Å². The van der Waals surface area contributed by atoms with Crippen LogP contribution in [0.4, 0.5) is 0 Å². The van der Waals surface area contributed by atoms with Crippen LogP contribution in [0.25, 0.3) is 0 Å². The van der Waals surface area contributed by atoms with Crippen LogP contribution in [0.5, 0.6) is 0 Å². The van der Waals surface area contributed by atoms with Gasteiger partial charge >= 0.3 is 5.97 Å². The summed E-state index contributed by atoms with van der Waals surface area (Å²) in [5, 5.41) is 23.5. The van der Waals surface area contributed by atoms with Crippen molar-refractivity contribution in [3.05, 3.63) is 0 Å². The van der Waals surface area contributed by atoms with Crippen molar-refractivity contribution in [2.45, 2.75) is 107 Å². The molecule has 4 fully saturated rings. The van der Waals surface area contributed by atoms with E-state index in [0.717, 1.165) is 0 Å². The van der Waals surface area contributed by atoms with E-state index in [1.165, 1.54) is 19.6 Å². The smallest absolute Gasteiger partial charge is 0.322 e. The molecule has 48 heavy (non-hydrogen) atoms. The zero-order valence-electron chi connectivity index (χ0n) is 27.4. The molecule has 0 bridgehead atoms. The second kappa shape index (κ2) is 17.0. The van der Waals surface area contributed by atoms with Crippen molar-refractivity contribution in [3.8, 4) is 0 Å². The van der Waals surface area contributed by atoms with Gasteiger partial charge in [0.2, 0.25) is 35.4 Å². The van der Waals surface area contributed by atoms with Crippen molar-refractivity contribution in [1.82, 2.24) is 30.2 Å². The molecule has 0 unspecified atom stereocenters. The minimum absolute atomic E-state index is 0.279. The Balaban J connectivity index is 1.45. The number of hydrogen-bond acceptors (Lipinski definition) is 10. The molecule has 17 nitrogen and oxygen atoms in total. The monoisotopic (exact) mass is 678 g/mol. The Morgan fingerprint density at radius 2 is 1.17 bits per heavy atom. The van der Waals surface area contributed by atoms with Crippen molar-refractivity contribution >= 4 is 41.4 Å². The molecule has 17 heteroatoms. The lowest BCUT2D eigenvalue weighted by atomic mass is 10.1. The van der Waals surface area contributed by atoms with Crippen LogP contribution in [-0.2, 0) is 33.6 Å². The molecular formula is C31H50N8O9. The maximum absolute atomic E-state index is 14.1. The van der Waals surface area contributed by atoms with E-state index in [-0.39, 0.29) is 18.2 Å². The fourth-order valence-corrected chi connectivity index (χ4v) is 7.35. The zero-order chi connectivity index (χ0) is 35.0. The summed E-state index contributed by atoms with van der Waals surface area (Å²) in [6.07, 6.45) is 5.26. The first-order valence-corrected chi connectivity index (χ1v) is 17.1. The molecule has 0 radical (unpaired) electrons. The van der Waals surface area contributed by atoms with Gasteiger partial charge in [0.25, 0.3) is 0 Å². The highest BCUT2D eigenvalue weighted by molar-refractivity contribution is 5.97. The average Bonchev–Trinajstić information content (AvgIpc) is 3.91. The lowest BCUT2D eigenvalue weighted by molar-refractivity contribution is -0.151. The quantitative estimate of drug-likeness (QED) is 0.102. The van der Waals surface area contributed by atoms with Gasteiger partial charge in [-0.15, -0.1) is 0 Å². The number of hydrogen-bond donors (Lipinski definition) is 6. The normalized spacial score (nSPS) is 25.2. The molecule has 4 saturated heterocycles. The van der Waals surface area contributed by atoms with Crippen LogP contribution in [0.2, 0.25) is 0 Å². The molecule has 0 aromatic carbocycles. The summed E-state index contributed by atoms with van der Waals surface area (Å²) < 4.78 is 0. The molecule has 4 rings (SSSR count). The highest BCUT2D eigenvalue weighted by Crippen LogP contribution is 2.29. The number of carbonyl (C=O) groups is 7. The van der Waals surface area contributed by atoms with Crippen molar-refractivity contribution in [1.29, 1.82) is 0 Å². The van der Waals surface area contributed by atoms with Crippen molar-refractivity contribution in [2.24, 2.45) is 11.5 Å². The number of nitrogens with two attached hydrogens (primary N) is 2. The van der Waals surface area contributed by atoms with E-state index in [2.05, 4.69) is 10.6 Å². The Hall–Kier alpha value is -3.83. The lowest BCUT2D eigenvalue weighted by Crippen LogP contribution is -2.59. The van der Waals surface area contributed by atoms with Gasteiger partial charge in [-0.1, -0.05) is 0 Å². The predicted molar refractivity (Wildman–Crippen MR) is 169 cm³/mol. The van der Waals surface area contributed by atoms with E-state index < -0.39 is 79.0 Å². The van der Waals surface area contributed by atoms with Crippen LogP contribution in [0.3, 0.4) is 0 Å². The summed E-state index contributed by atoms with van der Waals surface area (Å²) >= 11 is 0. The molecule has 4 aliphatic rings. The maximum Gasteiger partial charge on any atom is 0.322 e. The molecule has 0 aliphatic carbocycles. The molecule has 0 aromatic rings. The first kappa shape index (κ1) is 37.0. The fraction of sp³-hybridized carbons (Fsp3) is 0.774. The van der Waals surface area contributed by atoms with E-state index >= 15 is 0 Å². The minimum Gasteiger partial charge on any atom is -0.480 e. The van der Waals surface area contributed by atoms with Crippen molar-refractivity contribution in [3.63, 3.8) is 0 Å². The second-order valence-corrected chi connectivity index (χ2v) is 13.0. The summed E-state index contributed by atoms with van der Waals surface area (Å²) in [5.74, 6) is -3.93. The van der Waals surface area contributed by atoms with Crippen LogP contribution >= 0.6 is 0 Å². The van der Waals surface area contributed by atoms with E-state index in [1.807, 2.05) is 0 Å². The fourth-order valence-electron chi connectivity index (χ4n) is 7.35. The Morgan fingerprint density at radius 3 is 1.71 bits per heavy atom. The molecule has 6 atom stereocenters. The first-order valence-electron chi connectivity index (χ1n) is 17.1. The summed E-state index contributed by atoms with van der Waals surface area (Å²) in [5.41, 5.74) is 11.4. The maximum atomic E-state index is 14.1. The molecule has 0 saturated carbocycles. The average molecular weight is 679 g/mol. The van der Waals surface area contributed by atoms with Crippen LogP contribution < -0.4 is 22.1 Å². The number of likely N-dealkylation sites (tertiary alicyclic amines) is 4. The third kappa shape index (κ3) is 8.41. The third-order valence-electron chi connectivity index (χ3n) is 9.81. The molecule has 0 spiro atoms. The van der Waals surface area contributed by atoms with Gasteiger partial charge in [-0.2, -0.15) is 0 Å². The number of carboxylic acid groups (broad SMARTS) is 1. The number of aliphatic carboxylic acids is 1. The molecule has 4 heterocycles. The van der Waals surface area contributed by atoms with Gasteiger partial charge in [-0.3, -0.25) is 33.6 Å². The molecule has 4 aliphatic heterocycles. The van der Waals surface area contributed by atoms with Gasteiger partial charge in [0, 0.05) is 26.2 Å².